The van der Waals surface area contributed by atoms with Crippen molar-refractivity contribution >= 4 is 35.0 Å². The Bertz CT molecular complexity index is 1130. The SMILES string of the molecule is COc1cccc(C(=O)Nc2ccc(Cc3nc(Cl)c(CC(=O)O)c(N(C)C)n3)cc2)c1. The van der Waals surface area contributed by atoms with Gasteiger partial charge in [0.2, 0.25) is 0 Å². The molecule has 1 aromatic heterocycles. The van der Waals surface area contributed by atoms with Crippen LogP contribution in [-0.2, 0) is 17.6 Å². The number of methoxy groups -OCH3 is 1. The number of ether oxygens (including phenoxy) is 1. The topological polar surface area (TPSA) is 105 Å². The Balaban J connectivity index is 1.74. The second kappa shape index (κ2) is 10.1. The summed E-state index contributed by atoms with van der Waals surface area (Å²) in [6.07, 6.45) is 0.145. The third-order valence-electron chi connectivity index (χ3n) is 4.64. The summed E-state index contributed by atoms with van der Waals surface area (Å²) in [6.45, 7) is 0. The van der Waals surface area contributed by atoms with Crippen LogP contribution in [0.1, 0.15) is 27.3 Å². The van der Waals surface area contributed by atoms with E-state index < -0.39 is 5.97 Å². The molecule has 9 heteroatoms. The van der Waals surface area contributed by atoms with Gasteiger partial charge in [-0.25, -0.2) is 9.97 Å². The Hall–Kier alpha value is -3.65. The highest BCUT2D eigenvalue weighted by atomic mass is 35.5. The number of anilines is 2. The first kappa shape index (κ1) is 23.0. The van der Waals surface area contributed by atoms with Crippen LogP contribution in [0.4, 0.5) is 11.5 Å². The number of nitrogens with one attached hydrogen (secondary N) is 1. The third-order valence-corrected chi connectivity index (χ3v) is 4.95. The lowest BCUT2D eigenvalue weighted by atomic mass is 10.1. The van der Waals surface area contributed by atoms with Gasteiger partial charge in [-0.15, -0.1) is 0 Å². The molecular formula is C23H23ClN4O4. The molecule has 2 N–H and O–H groups in total. The van der Waals surface area contributed by atoms with Gasteiger partial charge in [-0.05, 0) is 35.9 Å². The molecule has 0 spiro atoms. The molecule has 8 nitrogen and oxygen atoms in total. The molecule has 0 aliphatic rings. The summed E-state index contributed by atoms with van der Waals surface area (Å²) in [6, 6.07) is 14.2. The number of hydrogen-bond acceptors (Lipinski definition) is 6. The van der Waals surface area contributed by atoms with E-state index in [4.69, 9.17) is 21.4 Å². The van der Waals surface area contributed by atoms with Crippen LogP contribution in [0.3, 0.4) is 0 Å². The second-order valence-corrected chi connectivity index (χ2v) is 7.62. The van der Waals surface area contributed by atoms with E-state index in [1.54, 1.807) is 62.5 Å². The van der Waals surface area contributed by atoms with Crippen molar-refractivity contribution in [3.05, 3.63) is 76.2 Å². The van der Waals surface area contributed by atoms with Gasteiger partial charge in [-0.1, -0.05) is 29.8 Å². The molecule has 0 aliphatic carbocycles. The number of aromatic nitrogens is 2. The summed E-state index contributed by atoms with van der Waals surface area (Å²) in [7, 11) is 5.09. The molecule has 0 atom stereocenters. The van der Waals surface area contributed by atoms with Crippen molar-refractivity contribution in [3.63, 3.8) is 0 Å². The molecular weight excluding hydrogens is 432 g/mol. The van der Waals surface area contributed by atoms with Crippen LogP contribution in [0.5, 0.6) is 5.75 Å². The molecule has 3 aromatic rings. The summed E-state index contributed by atoms with van der Waals surface area (Å²) >= 11 is 6.25. The molecule has 0 saturated carbocycles. The fourth-order valence-corrected chi connectivity index (χ4v) is 3.34. The van der Waals surface area contributed by atoms with E-state index in [2.05, 4.69) is 15.3 Å². The first-order valence-electron chi connectivity index (χ1n) is 9.75. The predicted molar refractivity (Wildman–Crippen MR) is 123 cm³/mol. The molecule has 0 fully saturated rings. The molecule has 0 bridgehead atoms. The van der Waals surface area contributed by atoms with E-state index in [1.807, 2.05) is 12.1 Å². The van der Waals surface area contributed by atoms with Gasteiger partial charge in [0.25, 0.3) is 5.91 Å². The minimum Gasteiger partial charge on any atom is -0.497 e. The van der Waals surface area contributed by atoms with E-state index in [0.717, 1.165) is 5.56 Å². The molecule has 0 aliphatic heterocycles. The normalized spacial score (nSPS) is 10.5. The summed E-state index contributed by atoms with van der Waals surface area (Å²) in [5.74, 6) is 0.318. The van der Waals surface area contributed by atoms with Crippen LogP contribution in [0.2, 0.25) is 5.15 Å². The molecule has 3 rings (SSSR count). The van der Waals surface area contributed by atoms with Crippen molar-refractivity contribution < 1.29 is 19.4 Å². The average molecular weight is 455 g/mol. The molecule has 166 valence electrons. The number of carbonyl (C=O) groups excluding carboxylic acids is 1. The number of nitrogens with zero attached hydrogens (tertiary/aromatic N) is 3. The van der Waals surface area contributed by atoms with E-state index in [0.29, 0.717) is 40.6 Å². The zero-order chi connectivity index (χ0) is 23.3. The van der Waals surface area contributed by atoms with Gasteiger partial charge >= 0.3 is 5.97 Å². The smallest absolute Gasteiger partial charge is 0.308 e. The molecule has 1 amide bonds. The quantitative estimate of drug-likeness (QED) is 0.500. The number of rotatable bonds is 8. The van der Waals surface area contributed by atoms with Crippen LogP contribution in [-0.4, -0.2) is 48.2 Å². The maximum Gasteiger partial charge on any atom is 0.308 e. The number of carboxylic acids is 1. The Kier molecular flexibility index (Phi) is 7.27. The zero-order valence-electron chi connectivity index (χ0n) is 17.9. The minimum atomic E-state index is -1.00. The molecule has 2 aromatic carbocycles. The van der Waals surface area contributed by atoms with Crippen molar-refractivity contribution in [1.82, 2.24) is 9.97 Å². The molecule has 0 radical (unpaired) electrons. The fraction of sp³-hybridized carbons (Fsp3) is 0.217. The number of amides is 1. The molecule has 1 heterocycles. The molecule has 0 saturated heterocycles. The van der Waals surface area contributed by atoms with Crippen molar-refractivity contribution in [1.29, 1.82) is 0 Å². The maximum absolute atomic E-state index is 12.5. The highest BCUT2D eigenvalue weighted by Gasteiger charge is 2.18. The average Bonchev–Trinajstić information content (AvgIpc) is 2.76. The number of carboxylic acid groups (broad SMARTS) is 1. The van der Waals surface area contributed by atoms with E-state index in [9.17, 15) is 9.59 Å². The summed E-state index contributed by atoms with van der Waals surface area (Å²) < 4.78 is 5.15. The second-order valence-electron chi connectivity index (χ2n) is 7.26. The largest absolute Gasteiger partial charge is 0.497 e. The van der Waals surface area contributed by atoms with Crippen molar-refractivity contribution in [2.24, 2.45) is 0 Å². The lowest BCUT2D eigenvalue weighted by molar-refractivity contribution is -0.136. The van der Waals surface area contributed by atoms with Crippen molar-refractivity contribution in [3.8, 4) is 5.75 Å². The predicted octanol–water partition coefficient (Wildman–Crippen LogP) is 3.67. The Morgan fingerprint density at radius 1 is 1.12 bits per heavy atom. The van der Waals surface area contributed by atoms with Crippen LogP contribution in [0, 0.1) is 0 Å². The minimum absolute atomic E-state index is 0.128. The maximum atomic E-state index is 12.5. The zero-order valence-corrected chi connectivity index (χ0v) is 18.7. The fourth-order valence-electron chi connectivity index (χ4n) is 3.10. The molecule has 32 heavy (non-hydrogen) atoms. The highest BCUT2D eigenvalue weighted by molar-refractivity contribution is 6.30. The lowest BCUT2D eigenvalue weighted by Crippen LogP contribution is -2.18. The van der Waals surface area contributed by atoms with Gasteiger partial charge in [0.15, 0.2) is 0 Å². The first-order valence-corrected chi connectivity index (χ1v) is 10.1. The van der Waals surface area contributed by atoms with E-state index in [-0.39, 0.29) is 17.5 Å². The highest BCUT2D eigenvalue weighted by Crippen LogP contribution is 2.25. The van der Waals surface area contributed by atoms with Gasteiger partial charge in [0.1, 0.15) is 22.5 Å². The third kappa shape index (κ3) is 5.73. The van der Waals surface area contributed by atoms with Crippen LogP contribution in [0.15, 0.2) is 48.5 Å². The summed E-state index contributed by atoms with van der Waals surface area (Å²) in [4.78, 5) is 34.1. The summed E-state index contributed by atoms with van der Waals surface area (Å²) in [5, 5.41) is 12.1. The Morgan fingerprint density at radius 2 is 1.84 bits per heavy atom. The number of halogens is 1. The van der Waals surface area contributed by atoms with Gasteiger partial charge in [0.05, 0.1) is 13.5 Å². The Morgan fingerprint density at radius 3 is 2.47 bits per heavy atom. The number of aliphatic carboxylic acids is 1. The van der Waals surface area contributed by atoms with Crippen molar-refractivity contribution in [2.75, 3.05) is 31.4 Å². The number of hydrogen-bond donors (Lipinski definition) is 2. The number of benzene rings is 2. The molecule has 0 unspecified atom stereocenters. The van der Waals surface area contributed by atoms with Gasteiger partial charge in [-0.2, -0.15) is 0 Å². The van der Waals surface area contributed by atoms with Gasteiger partial charge in [0, 0.05) is 37.3 Å². The van der Waals surface area contributed by atoms with Crippen molar-refractivity contribution in [2.45, 2.75) is 12.8 Å². The lowest BCUT2D eigenvalue weighted by Gasteiger charge is -2.17. The van der Waals surface area contributed by atoms with Gasteiger partial charge in [-0.3, -0.25) is 9.59 Å². The first-order chi connectivity index (χ1) is 15.3. The van der Waals surface area contributed by atoms with E-state index in [1.165, 1.54) is 0 Å². The standard InChI is InChI=1S/C23H23ClN4O4/c1-28(2)22-18(13-20(29)30)21(24)26-19(27-22)11-14-7-9-16(10-8-14)25-23(31)15-5-4-6-17(12-15)32-3/h4-10,12H,11,13H2,1-3H3,(H,25,31)(H,29,30). The summed E-state index contributed by atoms with van der Waals surface area (Å²) in [5.41, 5.74) is 2.43. The van der Waals surface area contributed by atoms with Gasteiger partial charge < -0.3 is 20.1 Å². The van der Waals surface area contributed by atoms with Crippen LogP contribution >= 0.6 is 11.6 Å². The Labute approximate surface area is 190 Å². The van der Waals surface area contributed by atoms with Crippen LogP contribution < -0.4 is 15.0 Å². The number of carbonyl (C=O) groups is 2. The monoisotopic (exact) mass is 454 g/mol. The van der Waals surface area contributed by atoms with E-state index >= 15 is 0 Å². The van der Waals surface area contributed by atoms with Crippen LogP contribution in [0.25, 0.3) is 0 Å².